The van der Waals surface area contributed by atoms with E-state index in [1.165, 1.54) is 0 Å². The van der Waals surface area contributed by atoms with Gasteiger partial charge in [-0.05, 0) is 26.2 Å². The number of H-pyrrole nitrogens is 1. The second-order valence-corrected chi connectivity index (χ2v) is 5.44. The Hall–Kier alpha value is -2.28. The van der Waals surface area contributed by atoms with Gasteiger partial charge in [0.2, 0.25) is 0 Å². The number of aryl methyl sites for hydroxylation is 1. The van der Waals surface area contributed by atoms with Crippen LogP contribution in [0.25, 0.3) is 17.2 Å². The summed E-state index contributed by atoms with van der Waals surface area (Å²) in [5.41, 5.74) is 8.48. The molecule has 1 fully saturated rings. The maximum absolute atomic E-state index is 6.27. The molecule has 3 heterocycles. The molecule has 7 heteroatoms. The summed E-state index contributed by atoms with van der Waals surface area (Å²) >= 11 is 0. The molecule has 1 aliphatic carbocycles. The van der Waals surface area contributed by atoms with E-state index in [9.17, 15) is 0 Å². The number of fused-ring (bicyclic) bond motifs is 1. The van der Waals surface area contributed by atoms with Crippen LogP contribution >= 0.6 is 0 Å². The summed E-state index contributed by atoms with van der Waals surface area (Å²) in [4.78, 5) is 12.0. The molecule has 0 unspecified atom stereocenters. The first-order valence-corrected chi connectivity index (χ1v) is 6.68. The summed E-state index contributed by atoms with van der Waals surface area (Å²) in [6, 6.07) is 1.89. The fourth-order valence-corrected chi connectivity index (χ4v) is 2.55. The van der Waals surface area contributed by atoms with Gasteiger partial charge in [-0.15, -0.1) is 10.2 Å². The highest BCUT2D eigenvalue weighted by atomic mass is 15.3. The topological polar surface area (TPSA) is 97.8 Å². The summed E-state index contributed by atoms with van der Waals surface area (Å²) in [6.45, 7) is 1.93. The van der Waals surface area contributed by atoms with Crippen molar-refractivity contribution in [2.45, 2.75) is 31.7 Å². The van der Waals surface area contributed by atoms with Crippen LogP contribution in [0, 0.1) is 6.92 Å². The molecule has 3 aromatic heterocycles. The normalized spacial score (nSPS) is 17.3. The molecule has 0 amide bonds. The van der Waals surface area contributed by atoms with Crippen molar-refractivity contribution in [3.05, 3.63) is 30.1 Å². The molecule has 0 saturated heterocycles. The molecular weight excluding hydrogens is 254 g/mol. The third-order valence-electron chi connectivity index (χ3n) is 3.97. The highest BCUT2D eigenvalue weighted by Gasteiger charge is 2.37. The zero-order valence-corrected chi connectivity index (χ0v) is 11.2. The van der Waals surface area contributed by atoms with Gasteiger partial charge in [-0.3, -0.25) is 4.40 Å². The Morgan fingerprint density at radius 2 is 2.15 bits per heavy atom. The number of hydrogen-bond acceptors (Lipinski definition) is 5. The van der Waals surface area contributed by atoms with Gasteiger partial charge in [0.15, 0.2) is 11.5 Å². The Morgan fingerprint density at radius 3 is 2.90 bits per heavy atom. The number of nitrogens with zero attached hydrogens (tertiary/aromatic N) is 5. The maximum Gasteiger partial charge on any atom is 0.187 e. The third kappa shape index (κ3) is 1.56. The molecule has 7 nitrogen and oxygen atoms in total. The number of aromatic amines is 1. The number of imidazole rings is 1. The van der Waals surface area contributed by atoms with Crippen LogP contribution in [0.3, 0.4) is 0 Å². The van der Waals surface area contributed by atoms with Gasteiger partial charge in [0.05, 0.1) is 11.7 Å². The van der Waals surface area contributed by atoms with E-state index < -0.39 is 0 Å². The van der Waals surface area contributed by atoms with Crippen molar-refractivity contribution in [1.82, 2.24) is 29.5 Å². The van der Waals surface area contributed by atoms with E-state index in [-0.39, 0.29) is 5.54 Å². The second-order valence-electron chi connectivity index (χ2n) is 5.44. The second kappa shape index (κ2) is 3.86. The van der Waals surface area contributed by atoms with Gasteiger partial charge in [-0.2, -0.15) is 0 Å². The molecule has 0 atom stereocenters. The van der Waals surface area contributed by atoms with E-state index in [1.54, 1.807) is 12.5 Å². The zero-order chi connectivity index (χ0) is 13.7. The Kier molecular flexibility index (Phi) is 2.23. The lowest BCUT2D eigenvalue weighted by atomic mass is 9.77. The van der Waals surface area contributed by atoms with Crippen molar-refractivity contribution in [1.29, 1.82) is 0 Å². The average molecular weight is 269 g/mol. The molecule has 4 rings (SSSR count). The van der Waals surface area contributed by atoms with Gasteiger partial charge in [0, 0.05) is 11.8 Å². The SMILES string of the molecule is Cc1cc2nnc(-c3cnc(C4(N)CCC4)[nH]3)n2cn1. The number of rotatable bonds is 2. The largest absolute Gasteiger partial charge is 0.338 e. The van der Waals surface area contributed by atoms with Crippen molar-refractivity contribution in [2.75, 3.05) is 0 Å². The molecule has 0 spiro atoms. The molecular formula is C13H15N7. The van der Waals surface area contributed by atoms with Crippen molar-refractivity contribution < 1.29 is 0 Å². The standard InChI is InChI=1S/C13H15N7/c1-8-5-10-18-19-11(20(10)7-16-8)9-6-15-12(17-9)13(14)3-2-4-13/h5-7H,2-4,14H2,1H3,(H,15,17). The first kappa shape index (κ1) is 11.5. The molecule has 0 aliphatic heterocycles. The lowest BCUT2D eigenvalue weighted by Crippen LogP contribution is -2.44. The number of hydrogen-bond donors (Lipinski definition) is 2. The Bertz CT molecular complexity index is 781. The third-order valence-corrected chi connectivity index (χ3v) is 3.97. The average Bonchev–Trinajstić information content (AvgIpc) is 3.01. The van der Waals surface area contributed by atoms with Crippen molar-refractivity contribution in [3.63, 3.8) is 0 Å². The summed E-state index contributed by atoms with van der Waals surface area (Å²) in [6.07, 6.45) is 6.59. The highest BCUT2D eigenvalue weighted by Crippen LogP contribution is 2.37. The van der Waals surface area contributed by atoms with Crippen LogP contribution in [0.5, 0.6) is 0 Å². The molecule has 20 heavy (non-hydrogen) atoms. The van der Waals surface area contributed by atoms with Gasteiger partial charge < -0.3 is 10.7 Å². The van der Waals surface area contributed by atoms with Crippen LogP contribution < -0.4 is 5.73 Å². The zero-order valence-electron chi connectivity index (χ0n) is 11.2. The molecule has 0 radical (unpaired) electrons. The van der Waals surface area contributed by atoms with Crippen LogP contribution in [0.4, 0.5) is 0 Å². The maximum atomic E-state index is 6.27. The minimum Gasteiger partial charge on any atom is -0.338 e. The summed E-state index contributed by atoms with van der Waals surface area (Å²) < 4.78 is 1.84. The van der Waals surface area contributed by atoms with E-state index in [1.807, 2.05) is 17.4 Å². The quantitative estimate of drug-likeness (QED) is 0.727. The Labute approximate surface area is 115 Å². The molecule has 3 aromatic rings. The number of nitrogens with one attached hydrogen (secondary N) is 1. The molecule has 0 aromatic carbocycles. The van der Waals surface area contributed by atoms with Crippen molar-refractivity contribution in [2.24, 2.45) is 5.73 Å². The molecule has 1 saturated carbocycles. The van der Waals surface area contributed by atoms with E-state index in [4.69, 9.17) is 5.73 Å². The summed E-state index contributed by atoms with van der Waals surface area (Å²) in [5.74, 6) is 1.53. The summed E-state index contributed by atoms with van der Waals surface area (Å²) in [5, 5.41) is 8.36. The van der Waals surface area contributed by atoms with Gasteiger partial charge in [-0.25, -0.2) is 9.97 Å². The molecule has 102 valence electrons. The van der Waals surface area contributed by atoms with E-state index in [2.05, 4.69) is 25.1 Å². The van der Waals surface area contributed by atoms with Crippen LogP contribution in [-0.2, 0) is 5.54 Å². The van der Waals surface area contributed by atoms with E-state index >= 15 is 0 Å². The molecule has 3 N–H and O–H groups in total. The van der Waals surface area contributed by atoms with Gasteiger partial charge in [0.1, 0.15) is 17.8 Å². The smallest absolute Gasteiger partial charge is 0.187 e. The van der Waals surface area contributed by atoms with Gasteiger partial charge >= 0.3 is 0 Å². The predicted octanol–water partition coefficient (Wildman–Crippen LogP) is 1.16. The van der Waals surface area contributed by atoms with E-state index in [0.717, 1.165) is 42.1 Å². The Balaban J connectivity index is 1.79. The van der Waals surface area contributed by atoms with Crippen LogP contribution in [-0.4, -0.2) is 29.5 Å². The minimum atomic E-state index is -0.298. The predicted molar refractivity (Wildman–Crippen MR) is 72.8 cm³/mol. The highest BCUT2D eigenvalue weighted by molar-refractivity contribution is 5.54. The van der Waals surface area contributed by atoms with Crippen molar-refractivity contribution in [3.8, 4) is 11.5 Å². The van der Waals surface area contributed by atoms with Crippen LogP contribution in [0.1, 0.15) is 30.8 Å². The summed E-state index contributed by atoms with van der Waals surface area (Å²) in [7, 11) is 0. The minimum absolute atomic E-state index is 0.298. The van der Waals surface area contributed by atoms with Gasteiger partial charge in [0.25, 0.3) is 0 Å². The lowest BCUT2D eigenvalue weighted by Gasteiger charge is -2.35. The molecule has 1 aliphatic rings. The number of nitrogens with two attached hydrogens (primary N) is 1. The number of aromatic nitrogens is 6. The fraction of sp³-hybridized carbons (Fsp3) is 0.385. The monoisotopic (exact) mass is 269 g/mol. The van der Waals surface area contributed by atoms with Gasteiger partial charge in [-0.1, -0.05) is 0 Å². The molecule has 0 bridgehead atoms. The van der Waals surface area contributed by atoms with E-state index in [0.29, 0.717) is 5.82 Å². The van der Waals surface area contributed by atoms with Crippen LogP contribution in [0.2, 0.25) is 0 Å². The van der Waals surface area contributed by atoms with Crippen LogP contribution in [0.15, 0.2) is 18.6 Å². The first-order chi connectivity index (χ1) is 9.66. The lowest BCUT2D eigenvalue weighted by molar-refractivity contribution is 0.240. The first-order valence-electron chi connectivity index (χ1n) is 6.68. The Morgan fingerprint density at radius 1 is 1.30 bits per heavy atom. The fourth-order valence-electron chi connectivity index (χ4n) is 2.55. The van der Waals surface area contributed by atoms with Crippen molar-refractivity contribution >= 4 is 5.65 Å².